The minimum Gasteiger partial charge on any atom is -0.465 e. The van der Waals surface area contributed by atoms with Gasteiger partial charge in [0.1, 0.15) is 0 Å². The van der Waals surface area contributed by atoms with Crippen LogP contribution in [0.4, 0.5) is 0 Å². The van der Waals surface area contributed by atoms with Gasteiger partial charge in [-0.25, -0.2) is 0 Å². The Morgan fingerprint density at radius 3 is 3.00 bits per heavy atom. The van der Waals surface area contributed by atoms with Gasteiger partial charge in [0.15, 0.2) is 0 Å². The van der Waals surface area contributed by atoms with Crippen LogP contribution in [-0.4, -0.2) is 19.1 Å². The van der Waals surface area contributed by atoms with Crippen LogP contribution in [0.25, 0.3) is 0 Å². The monoisotopic (exact) mass is 305 g/mol. The van der Waals surface area contributed by atoms with E-state index in [4.69, 9.17) is 16.3 Å². The van der Waals surface area contributed by atoms with Crippen molar-refractivity contribution in [2.75, 3.05) is 13.2 Å². The largest absolute Gasteiger partial charge is 0.465 e. The Hall–Kier alpha value is -0.580. The van der Waals surface area contributed by atoms with Crippen molar-refractivity contribution in [2.45, 2.75) is 13.5 Å². The molecular weight excluding hydrogens is 293 g/mol. The van der Waals surface area contributed by atoms with E-state index in [2.05, 4.69) is 21.2 Å². The molecule has 0 aliphatic carbocycles. The smallest absolute Gasteiger partial charge is 0.319 e. The zero-order valence-electron chi connectivity index (χ0n) is 8.93. The molecule has 0 aromatic heterocycles. The maximum absolute atomic E-state index is 11.1. The number of carbonyl (C=O) groups is 1. The molecule has 1 aromatic carbocycles. The van der Waals surface area contributed by atoms with Gasteiger partial charge < -0.3 is 10.1 Å². The summed E-state index contributed by atoms with van der Waals surface area (Å²) in [5, 5.41) is 3.67. The predicted molar refractivity (Wildman–Crippen MR) is 67.5 cm³/mol. The maximum atomic E-state index is 11.1. The molecule has 0 saturated carbocycles. The molecular formula is C11H13BrClNO2. The van der Waals surface area contributed by atoms with Crippen LogP contribution in [0, 0.1) is 0 Å². The fourth-order valence-corrected chi connectivity index (χ4v) is 1.77. The third-order valence-corrected chi connectivity index (χ3v) is 2.91. The summed E-state index contributed by atoms with van der Waals surface area (Å²) in [6.07, 6.45) is 0. The maximum Gasteiger partial charge on any atom is 0.319 e. The molecule has 0 atom stereocenters. The van der Waals surface area contributed by atoms with Crippen LogP contribution < -0.4 is 5.32 Å². The summed E-state index contributed by atoms with van der Waals surface area (Å²) in [5.41, 5.74) is 1.01. The molecule has 1 rings (SSSR count). The second-order valence-corrected chi connectivity index (χ2v) is 4.44. The highest BCUT2D eigenvalue weighted by Gasteiger charge is 2.03. The summed E-state index contributed by atoms with van der Waals surface area (Å²) in [6.45, 7) is 2.96. The van der Waals surface area contributed by atoms with Gasteiger partial charge in [0, 0.05) is 16.0 Å². The first-order valence-corrected chi connectivity index (χ1v) is 6.11. The molecule has 0 aliphatic rings. The molecule has 1 N–H and O–H groups in total. The Morgan fingerprint density at radius 1 is 1.56 bits per heavy atom. The van der Waals surface area contributed by atoms with E-state index in [1.54, 1.807) is 13.0 Å². The molecule has 88 valence electrons. The van der Waals surface area contributed by atoms with Crippen molar-refractivity contribution >= 4 is 33.5 Å². The lowest BCUT2D eigenvalue weighted by Gasteiger charge is -2.07. The number of nitrogens with one attached hydrogen (secondary N) is 1. The number of benzene rings is 1. The van der Waals surface area contributed by atoms with E-state index in [0.717, 1.165) is 10.0 Å². The topological polar surface area (TPSA) is 38.3 Å². The first-order chi connectivity index (χ1) is 7.63. The highest BCUT2D eigenvalue weighted by Crippen LogP contribution is 2.20. The van der Waals surface area contributed by atoms with Crippen LogP contribution in [0.3, 0.4) is 0 Å². The minimum atomic E-state index is -0.249. The summed E-state index contributed by atoms with van der Waals surface area (Å²) in [5.74, 6) is -0.249. The van der Waals surface area contributed by atoms with Gasteiger partial charge in [0.2, 0.25) is 0 Å². The molecule has 0 radical (unpaired) electrons. The van der Waals surface area contributed by atoms with Crippen molar-refractivity contribution in [1.82, 2.24) is 5.32 Å². The minimum absolute atomic E-state index is 0.201. The van der Waals surface area contributed by atoms with Gasteiger partial charge in [-0.15, -0.1) is 0 Å². The van der Waals surface area contributed by atoms with E-state index in [1.165, 1.54) is 0 Å². The molecule has 0 amide bonds. The Bertz CT molecular complexity index is 371. The van der Waals surface area contributed by atoms with Gasteiger partial charge in [-0.2, -0.15) is 0 Å². The van der Waals surface area contributed by atoms with Crippen molar-refractivity contribution < 1.29 is 9.53 Å². The first-order valence-electron chi connectivity index (χ1n) is 4.93. The van der Waals surface area contributed by atoms with E-state index in [0.29, 0.717) is 18.2 Å². The molecule has 0 heterocycles. The van der Waals surface area contributed by atoms with Gasteiger partial charge in [-0.05, 0) is 30.7 Å². The van der Waals surface area contributed by atoms with Gasteiger partial charge >= 0.3 is 5.97 Å². The molecule has 0 aliphatic heterocycles. The summed E-state index contributed by atoms with van der Waals surface area (Å²) >= 11 is 9.28. The van der Waals surface area contributed by atoms with Gasteiger partial charge in [-0.3, -0.25) is 4.79 Å². The van der Waals surface area contributed by atoms with Crippen molar-refractivity contribution in [2.24, 2.45) is 0 Å². The lowest BCUT2D eigenvalue weighted by Crippen LogP contribution is -2.24. The number of hydrogen-bond acceptors (Lipinski definition) is 3. The number of ether oxygens (including phenoxy) is 1. The van der Waals surface area contributed by atoms with Gasteiger partial charge in [-0.1, -0.05) is 27.5 Å². The second-order valence-electron chi connectivity index (χ2n) is 3.14. The van der Waals surface area contributed by atoms with Crippen LogP contribution in [0.1, 0.15) is 12.5 Å². The average molecular weight is 307 g/mol. The third kappa shape index (κ3) is 4.51. The Morgan fingerprint density at radius 2 is 2.31 bits per heavy atom. The van der Waals surface area contributed by atoms with Crippen molar-refractivity contribution in [1.29, 1.82) is 0 Å². The van der Waals surface area contributed by atoms with Crippen LogP contribution in [0.5, 0.6) is 0 Å². The number of rotatable bonds is 5. The summed E-state index contributed by atoms with van der Waals surface area (Å²) in [4.78, 5) is 11.1. The van der Waals surface area contributed by atoms with Crippen molar-refractivity contribution in [3.8, 4) is 0 Å². The third-order valence-electron chi connectivity index (χ3n) is 1.90. The van der Waals surface area contributed by atoms with Crippen LogP contribution >= 0.6 is 27.5 Å². The Labute approximate surface area is 108 Å². The zero-order valence-corrected chi connectivity index (χ0v) is 11.3. The van der Waals surface area contributed by atoms with E-state index < -0.39 is 0 Å². The van der Waals surface area contributed by atoms with Crippen molar-refractivity contribution in [3.63, 3.8) is 0 Å². The van der Waals surface area contributed by atoms with E-state index in [-0.39, 0.29) is 12.5 Å². The van der Waals surface area contributed by atoms with Crippen LogP contribution in [0.15, 0.2) is 22.7 Å². The fourth-order valence-electron chi connectivity index (χ4n) is 1.19. The van der Waals surface area contributed by atoms with Crippen molar-refractivity contribution in [3.05, 3.63) is 33.3 Å². The molecule has 0 fully saturated rings. The Kier molecular flexibility index (Phi) is 5.80. The molecule has 0 spiro atoms. The molecule has 0 unspecified atom stereocenters. The fraction of sp³-hybridized carbons (Fsp3) is 0.364. The molecule has 16 heavy (non-hydrogen) atoms. The number of hydrogen-bond donors (Lipinski definition) is 1. The predicted octanol–water partition coefficient (Wildman–Crippen LogP) is 2.76. The molecule has 0 bridgehead atoms. The highest BCUT2D eigenvalue weighted by molar-refractivity contribution is 9.10. The molecule has 5 heteroatoms. The zero-order chi connectivity index (χ0) is 12.0. The SMILES string of the molecule is CCOC(=O)CNCc1cc(Cl)ccc1Br. The van der Waals surface area contributed by atoms with Gasteiger partial charge in [0.25, 0.3) is 0 Å². The van der Waals surface area contributed by atoms with Gasteiger partial charge in [0.05, 0.1) is 13.2 Å². The number of halogens is 2. The van der Waals surface area contributed by atoms with Crippen LogP contribution in [-0.2, 0) is 16.1 Å². The molecule has 3 nitrogen and oxygen atoms in total. The summed E-state index contributed by atoms with van der Waals surface area (Å²) in [7, 11) is 0. The highest BCUT2D eigenvalue weighted by atomic mass is 79.9. The van der Waals surface area contributed by atoms with E-state index in [9.17, 15) is 4.79 Å². The summed E-state index contributed by atoms with van der Waals surface area (Å²) in [6, 6.07) is 5.54. The lowest BCUT2D eigenvalue weighted by atomic mass is 10.2. The quantitative estimate of drug-likeness (QED) is 0.850. The molecule has 0 saturated heterocycles. The second kappa shape index (κ2) is 6.89. The van der Waals surface area contributed by atoms with Crippen LogP contribution in [0.2, 0.25) is 5.02 Å². The summed E-state index contributed by atoms with van der Waals surface area (Å²) < 4.78 is 5.76. The Balaban J connectivity index is 2.42. The molecule has 1 aromatic rings. The standard InChI is InChI=1S/C11H13BrClNO2/c1-2-16-11(15)7-14-6-8-5-9(13)3-4-10(8)12/h3-5,14H,2,6-7H2,1H3. The first kappa shape index (κ1) is 13.5. The van der Waals surface area contributed by atoms with E-state index in [1.807, 2.05) is 12.1 Å². The normalized spacial score (nSPS) is 10.2. The van der Waals surface area contributed by atoms with E-state index >= 15 is 0 Å². The average Bonchev–Trinajstić information content (AvgIpc) is 2.23. The number of esters is 1. The lowest BCUT2D eigenvalue weighted by molar-refractivity contribution is -0.142. The number of carbonyl (C=O) groups excluding carboxylic acids is 1.